The maximum atomic E-state index is 13.0. The number of fused-ring (bicyclic) bond motifs is 1. The van der Waals surface area contributed by atoms with Gasteiger partial charge in [0.25, 0.3) is 5.91 Å². The average Bonchev–Trinajstić information content (AvgIpc) is 3.29. The van der Waals surface area contributed by atoms with Gasteiger partial charge < -0.3 is 9.73 Å². The number of benzene rings is 2. The standard InChI is InChI=1S/C21H18N2O4S3/c1-13-11-28-21(22-13)29-12-17-16-5-3-4-6-18(16)27-19(17)20(24)23-14-7-9-15(10-8-14)30(2,25)26/h3-11H,12H2,1-2H3,(H,23,24). The van der Waals surface area contributed by atoms with Crippen molar-refractivity contribution in [2.45, 2.75) is 21.9 Å². The van der Waals surface area contributed by atoms with E-state index in [9.17, 15) is 13.2 Å². The number of furan rings is 1. The zero-order chi connectivity index (χ0) is 21.3. The topological polar surface area (TPSA) is 89.3 Å². The Labute approximate surface area is 182 Å². The van der Waals surface area contributed by atoms with E-state index in [1.807, 2.05) is 36.6 Å². The summed E-state index contributed by atoms with van der Waals surface area (Å²) in [5.41, 5.74) is 2.90. The molecule has 4 aromatic rings. The van der Waals surface area contributed by atoms with E-state index in [1.54, 1.807) is 35.2 Å². The van der Waals surface area contributed by atoms with Gasteiger partial charge in [0.1, 0.15) is 9.92 Å². The van der Waals surface area contributed by atoms with Crippen LogP contribution in [0.1, 0.15) is 21.8 Å². The summed E-state index contributed by atoms with van der Waals surface area (Å²) in [6.07, 6.45) is 1.14. The summed E-state index contributed by atoms with van der Waals surface area (Å²) < 4.78 is 30.0. The molecule has 2 aromatic carbocycles. The molecule has 6 nitrogen and oxygen atoms in total. The van der Waals surface area contributed by atoms with Crippen LogP contribution in [-0.4, -0.2) is 25.6 Å². The number of thioether (sulfide) groups is 1. The number of anilines is 1. The molecular weight excluding hydrogens is 440 g/mol. The molecule has 0 bridgehead atoms. The molecule has 0 aliphatic carbocycles. The second-order valence-corrected chi connectivity index (χ2v) is 10.8. The van der Waals surface area contributed by atoms with Crippen LogP contribution >= 0.6 is 23.1 Å². The van der Waals surface area contributed by atoms with Crippen molar-refractivity contribution in [2.24, 2.45) is 0 Å². The molecule has 0 fully saturated rings. The fraction of sp³-hybridized carbons (Fsp3) is 0.143. The lowest BCUT2D eigenvalue weighted by Crippen LogP contribution is -2.13. The molecule has 4 rings (SSSR count). The number of carbonyl (C=O) groups excluding carboxylic acids is 1. The number of rotatable bonds is 6. The third-order valence-corrected chi connectivity index (χ3v) is 7.68. The molecule has 0 aliphatic rings. The highest BCUT2D eigenvalue weighted by molar-refractivity contribution is 8.00. The Bertz CT molecular complexity index is 1320. The van der Waals surface area contributed by atoms with Crippen molar-refractivity contribution in [3.63, 3.8) is 0 Å². The summed E-state index contributed by atoms with van der Waals surface area (Å²) in [5, 5.41) is 5.67. The van der Waals surface area contributed by atoms with Gasteiger partial charge in [-0.3, -0.25) is 4.79 Å². The molecule has 9 heteroatoms. The Balaban J connectivity index is 1.61. The highest BCUT2D eigenvalue weighted by Gasteiger charge is 2.21. The number of carbonyl (C=O) groups is 1. The van der Waals surface area contributed by atoms with E-state index in [4.69, 9.17) is 4.42 Å². The van der Waals surface area contributed by atoms with Gasteiger partial charge in [-0.1, -0.05) is 30.0 Å². The van der Waals surface area contributed by atoms with Gasteiger partial charge in [0.2, 0.25) is 0 Å². The van der Waals surface area contributed by atoms with Crippen molar-refractivity contribution >= 4 is 55.5 Å². The Morgan fingerprint density at radius 1 is 1.17 bits per heavy atom. The third kappa shape index (κ3) is 4.43. The molecular formula is C21H18N2O4S3. The molecule has 2 heterocycles. The minimum atomic E-state index is -3.30. The van der Waals surface area contributed by atoms with Gasteiger partial charge in [-0.2, -0.15) is 0 Å². The first-order chi connectivity index (χ1) is 14.3. The summed E-state index contributed by atoms with van der Waals surface area (Å²) in [5.74, 6) is 0.396. The van der Waals surface area contributed by atoms with Gasteiger partial charge in [-0.15, -0.1) is 11.3 Å². The molecule has 0 spiro atoms. The second kappa shape index (κ2) is 8.25. The van der Waals surface area contributed by atoms with Crippen LogP contribution < -0.4 is 5.32 Å². The number of para-hydroxylation sites is 1. The number of nitrogens with zero attached hydrogens (tertiary/aromatic N) is 1. The first kappa shape index (κ1) is 20.6. The normalized spacial score (nSPS) is 11.7. The number of nitrogens with one attached hydrogen (secondary N) is 1. The predicted octanol–water partition coefficient (Wildman–Crippen LogP) is 5.15. The zero-order valence-electron chi connectivity index (χ0n) is 16.2. The van der Waals surface area contributed by atoms with E-state index in [-0.39, 0.29) is 16.6 Å². The fourth-order valence-corrected chi connectivity index (χ4v) is 5.44. The van der Waals surface area contributed by atoms with Gasteiger partial charge in [0.15, 0.2) is 15.6 Å². The lowest BCUT2D eigenvalue weighted by atomic mass is 10.1. The maximum Gasteiger partial charge on any atom is 0.291 e. The third-order valence-electron chi connectivity index (χ3n) is 4.38. The number of aromatic nitrogens is 1. The van der Waals surface area contributed by atoms with Crippen LogP contribution in [0.5, 0.6) is 0 Å². The fourth-order valence-electron chi connectivity index (χ4n) is 2.93. The lowest BCUT2D eigenvalue weighted by molar-refractivity contribution is 0.0998. The largest absolute Gasteiger partial charge is 0.451 e. The van der Waals surface area contributed by atoms with Crippen molar-refractivity contribution in [1.82, 2.24) is 4.98 Å². The highest BCUT2D eigenvalue weighted by atomic mass is 32.2. The number of sulfone groups is 1. The summed E-state index contributed by atoms with van der Waals surface area (Å²) in [6, 6.07) is 13.6. The molecule has 0 saturated carbocycles. The SMILES string of the molecule is Cc1csc(SCc2c(C(=O)Nc3ccc(S(C)(=O)=O)cc3)oc3ccccc23)n1. The molecule has 2 aromatic heterocycles. The van der Waals surface area contributed by atoms with Gasteiger partial charge in [0, 0.05) is 39.7 Å². The minimum Gasteiger partial charge on any atom is -0.451 e. The highest BCUT2D eigenvalue weighted by Crippen LogP contribution is 2.33. The molecule has 1 amide bonds. The van der Waals surface area contributed by atoms with Gasteiger partial charge in [0.05, 0.1) is 4.90 Å². The number of amides is 1. The number of aryl methyl sites for hydroxylation is 1. The molecule has 0 saturated heterocycles. The Morgan fingerprint density at radius 3 is 2.57 bits per heavy atom. The van der Waals surface area contributed by atoms with Crippen LogP contribution in [0.4, 0.5) is 5.69 Å². The van der Waals surface area contributed by atoms with E-state index >= 15 is 0 Å². The molecule has 0 radical (unpaired) electrons. The van der Waals surface area contributed by atoms with Crippen LogP contribution in [0.25, 0.3) is 11.0 Å². The Hall–Kier alpha value is -2.62. The van der Waals surface area contributed by atoms with E-state index in [0.29, 0.717) is 17.0 Å². The summed E-state index contributed by atoms with van der Waals surface area (Å²) in [4.78, 5) is 17.6. The minimum absolute atomic E-state index is 0.195. The van der Waals surface area contributed by atoms with Crippen LogP contribution in [0.3, 0.4) is 0 Å². The van der Waals surface area contributed by atoms with Crippen molar-refractivity contribution < 1.29 is 17.6 Å². The Morgan fingerprint density at radius 2 is 1.90 bits per heavy atom. The first-order valence-electron chi connectivity index (χ1n) is 8.98. The summed E-state index contributed by atoms with van der Waals surface area (Å²) >= 11 is 3.13. The molecule has 154 valence electrons. The van der Waals surface area contributed by atoms with Crippen molar-refractivity contribution in [3.8, 4) is 0 Å². The van der Waals surface area contributed by atoms with Crippen LogP contribution in [0.2, 0.25) is 0 Å². The predicted molar refractivity (Wildman–Crippen MR) is 120 cm³/mol. The first-order valence-corrected chi connectivity index (χ1v) is 12.7. The van der Waals surface area contributed by atoms with Gasteiger partial charge in [-0.25, -0.2) is 13.4 Å². The number of hydrogen-bond acceptors (Lipinski definition) is 7. The monoisotopic (exact) mass is 458 g/mol. The Kier molecular flexibility index (Phi) is 5.68. The van der Waals surface area contributed by atoms with E-state index < -0.39 is 9.84 Å². The van der Waals surface area contributed by atoms with E-state index in [0.717, 1.165) is 27.2 Å². The van der Waals surface area contributed by atoms with Gasteiger partial charge in [-0.05, 0) is 37.3 Å². The molecule has 30 heavy (non-hydrogen) atoms. The van der Waals surface area contributed by atoms with Crippen molar-refractivity contribution in [2.75, 3.05) is 11.6 Å². The molecule has 0 aliphatic heterocycles. The average molecular weight is 459 g/mol. The number of hydrogen-bond donors (Lipinski definition) is 1. The lowest BCUT2D eigenvalue weighted by Gasteiger charge is -2.06. The van der Waals surface area contributed by atoms with E-state index in [1.165, 1.54) is 12.1 Å². The second-order valence-electron chi connectivity index (χ2n) is 6.70. The number of thiazole rings is 1. The molecule has 1 N–H and O–H groups in total. The quantitative estimate of drug-likeness (QED) is 0.402. The van der Waals surface area contributed by atoms with Crippen molar-refractivity contribution in [3.05, 3.63) is 70.9 Å². The summed E-state index contributed by atoms with van der Waals surface area (Å²) in [6.45, 7) is 1.95. The van der Waals surface area contributed by atoms with Crippen LogP contribution in [-0.2, 0) is 15.6 Å². The zero-order valence-corrected chi connectivity index (χ0v) is 18.7. The van der Waals surface area contributed by atoms with Gasteiger partial charge >= 0.3 is 0 Å². The van der Waals surface area contributed by atoms with E-state index in [2.05, 4.69) is 10.3 Å². The van der Waals surface area contributed by atoms with Crippen LogP contribution in [0, 0.1) is 6.92 Å². The summed E-state index contributed by atoms with van der Waals surface area (Å²) in [7, 11) is -3.30. The smallest absolute Gasteiger partial charge is 0.291 e. The molecule has 0 atom stereocenters. The molecule has 0 unspecified atom stereocenters. The maximum absolute atomic E-state index is 13.0. The van der Waals surface area contributed by atoms with Crippen molar-refractivity contribution in [1.29, 1.82) is 0 Å². The van der Waals surface area contributed by atoms with Crippen LogP contribution in [0.15, 0.2) is 67.6 Å².